The molecule has 0 amide bonds. The van der Waals surface area contributed by atoms with Crippen LogP contribution in [-0.4, -0.2) is 13.7 Å². The van der Waals surface area contributed by atoms with E-state index in [1.165, 1.54) is 21.5 Å². The van der Waals surface area contributed by atoms with E-state index >= 15 is 0 Å². The highest BCUT2D eigenvalue weighted by Gasteiger charge is 2.22. The van der Waals surface area contributed by atoms with E-state index in [0.29, 0.717) is 11.3 Å². The Morgan fingerprint density at radius 3 is 1.69 bits per heavy atom. The highest BCUT2D eigenvalue weighted by atomic mass is 15.1. The summed E-state index contributed by atoms with van der Waals surface area (Å²) in [4.78, 5) is 3.85. The molecule has 0 aliphatic heterocycles. The fourth-order valence-corrected chi connectivity index (χ4v) is 8.83. The zero-order valence-corrected chi connectivity index (χ0v) is 29.5. The van der Waals surface area contributed by atoms with Crippen molar-refractivity contribution in [2.45, 2.75) is 0 Å². The number of para-hydroxylation sites is 5. The quantitative estimate of drug-likeness (QED) is 0.169. The summed E-state index contributed by atoms with van der Waals surface area (Å²) in [5.74, 6) is 0. The Morgan fingerprint density at radius 2 is 1.00 bits per heavy atom. The van der Waals surface area contributed by atoms with Crippen molar-refractivity contribution in [2.24, 2.45) is 0 Å². The summed E-state index contributed by atoms with van der Waals surface area (Å²) in [6.07, 6.45) is 0. The second-order valence-electron chi connectivity index (χ2n) is 13.9. The Morgan fingerprint density at radius 1 is 0.455 bits per heavy atom. The first-order valence-electron chi connectivity index (χ1n) is 18.3. The van der Waals surface area contributed by atoms with E-state index in [9.17, 15) is 5.26 Å². The van der Waals surface area contributed by atoms with Crippen molar-refractivity contribution in [2.75, 3.05) is 0 Å². The van der Waals surface area contributed by atoms with Gasteiger partial charge in [0.15, 0.2) is 5.69 Å². The molecular weight excluding hydrogens is 671 g/mol. The van der Waals surface area contributed by atoms with Crippen LogP contribution in [0.3, 0.4) is 0 Å². The molecule has 0 fully saturated rings. The van der Waals surface area contributed by atoms with Crippen molar-refractivity contribution in [3.63, 3.8) is 0 Å². The Hall–Kier alpha value is -7.86. The molecule has 11 rings (SSSR count). The lowest BCUT2D eigenvalue weighted by atomic mass is 10.0. The van der Waals surface area contributed by atoms with Crippen LogP contribution >= 0.6 is 0 Å². The number of rotatable bonds is 4. The number of nitriles is 1. The van der Waals surface area contributed by atoms with Crippen LogP contribution in [0.4, 0.5) is 5.69 Å². The fourth-order valence-electron chi connectivity index (χ4n) is 8.83. The lowest BCUT2D eigenvalue weighted by molar-refractivity contribution is 1.13. The normalized spacial score (nSPS) is 11.6. The van der Waals surface area contributed by atoms with Crippen molar-refractivity contribution >= 4 is 71.1 Å². The van der Waals surface area contributed by atoms with Crippen LogP contribution in [0.1, 0.15) is 5.56 Å². The van der Waals surface area contributed by atoms with E-state index in [4.69, 9.17) is 6.57 Å². The Bertz CT molecular complexity index is 3420. The van der Waals surface area contributed by atoms with E-state index < -0.39 is 0 Å². The average molecular weight is 700 g/mol. The minimum Gasteiger partial charge on any atom is -0.310 e. The van der Waals surface area contributed by atoms with Gasteiger partial charge in [-0.2, -0.15) is 5.26 Å². The molecule has 0 bridgehead atoms. The first kappa shape index (κ1) is 30.7. The van der Waals surface area contributed by atoms with Gasteiger partial charge in [-0.3, -0.25) is 0 Å². The predicted octanol–water partition coefficient (Wildman–Crippen LogP) is 13.1. The maximum absolute atomic E-state index is 10.1. The number of benzene rings is 8. The van der Waals surface area contributed by atoms with Gasteiger partial charge in [0.05, 0.1) is 57.0 Å². The number of nitrogens with zero attached hydrogens (tertiary/aromatic N) is 5. The van der Waals surface area contributed by atoms with Crippen molar-refractivity contribution in [3.8, 4) is 34.3 Å². The SMILES string of the molecule is [C-]#[N+]c1ccc(-c2cccc(-n3c4ccccc4c4cccc(-n5c6ccccc6c6ccccc65)c43)c2)c(-n2c3ccccc3c3c(C#N)cccc32)c1. The number of aromatic nitrogens is 3. The summed E-state index contributed by atoms with van der Waals surface area (Å²) in [6, 6.07) is 63.7. The first-order valence-corrected chi connectivity index (χ1v) is 18.3. The van der Waals surface area contributed by atoms with Gasteiger partial charge in [-0.25, -0.2) is 4.85 Å². The van der Waals surface area contributed by atoms with Gasteiger partial charge in [0.25, 0.3) is 0 Å². The Labute approximate surface area is 316 Å². The molecular formula is C50H29N5. The van der Waals surface area contributed by atoms with Crippen molar-refractivity contribution in [1.29, 1.82) is 5.26 Å². The van der Waals surface area contributed by atoms with Crippen molar-refractivity contribution in [1.82, 2.24) is 13.7 Å². The average Bonchev–Trinajstić information content (AvgIpc) is 3.89. The topological polar surface area (TPSA) is 42.9 Å². The highest BCUT2D eigenvalue weighted by Crippen LogP contribution is 2.42. The van der Waals surface area contributed by atoms with E-state index in [-0.39, 0.29) is 0 Å². The fraction of sp³-hybridized carbons (Fsp3) is 0. The third kappa shape index (κ3) is 4.39. The van der Waals surface area contributed by atoms with Gasteiger partial charge in [-0.05, 0) is 66.2 Å². The largest absolute Gasteiger partial charge is 0.310 e. The van der Waals surface area contributed by atoms with E-state index in [0.717, 1.165) is 72.1 Å². The van der Waals surface area contributed by atoms with Gasteiger partial charge < -0.3 is 13.7 Å². The number of fused-ring (bicyclic) bond motifs is 9. The summed E-state index contributed by atoms with van der Waals surface area (Å²) < 4.78 is 7.02. The van der Waals surface area contributed by atoms with Gasteiger partial charge >= 0.3 is 0 Å². The molecule has 0 aliphatic carbocycles. The standard InChI is InChI=1S/C50H29N5/c1-52-34-27-28-36(48(30-34)55-45-24-9-5-19-41(45)49-33(31-51)14-11-25-46(49)55)32-13-10-15-35(29-32)53-42-21-6-4-18-39(42)40-20-12-26-47(50(40)53)54-43-22-7-2-16-37(43)38-17-3-8-23-44(38)54/h2-30H. The maximum atomic E-state index is 10.1. The summed E-state index contributed by atoms with van der Waals surface area (Å²) in [6.45, 7) is 7.96. The minimum atomic E-state index is 0.551. The molecule has 0 saturated carbocycles. The van der Waals surface area contributed by atoms with Crippen LogP contribution in [0, 0.1) is 17.9 Å². The molecule has 0 radical (unpaired) electrons. The highest BCUT2D eigenvalue weighted by molar-refractivity contribution is 6.15. The molecule has 55 heavy (non-hydrogen) atoms. The zero-order chi connectivity index (χ0) is 36.6. The third-order valence-electron chi connectivity index (χ3n) is 11.1. The number of hydrogen-bond acceptors (Lipinski definition) is 1. The molecule has 0 unspecified atom stereocenters. The van der Waals surface area contributed by atoms with Gasteiger partial charge in [0.1, 0.15) is 0 Å². The molecule has 5 nitrogen and oxygen atoms in total. The summed E-state index contributed by atoms with van der Waals surface area (Å²) in [5, 5.41) is 16.9. The molecule has 5 heteroatoms. The predicted molar refractivity (Wildman–Crippen MR) is 226 cm³/mol. The summed E-state index contributed by atoms with van der Waals surface area (Å²) >= 11 is 0. The molecule has 8 aromatic carbocycles. The van der Waals surface area contributed by atoms with E-state index in [2.05, 4.69) is 164 Å². The molecule has 0 aliphatic rings. The smallest absolute Gasteiger partial charge is 0.189 e. The lowest BCUT2D eigenvalue weighted by Crippen LogP contribution is -2.01. The van der Waals surface area contributed by atoms with Gasteiger partial charge in [0.2, 0.25) is 0 Å². The maximum Gasteiger partial charge on any atom is 0.189 e. The third-order valence-corrected chi connectivity index (χ3v) is 11.1. The Kier molecular flexibility index (Phi) is 6.61. The van der Waals surface area contributed by atoms with Crippen LogP contribution in [0.25, 0.3) is 98.5 Å². The van der Waals surface area contributed by atoms with E-state index in [1.54, 1.807) is 0 Å². The van der Waals surface area contributed by atoms with E-state index in [1.807, 2.05) is 36.4 Å². The molecule has 0 saturated heterocycles. The molecule has 3 heterocycles. The second-order valence-corrected chi connectivity index (χ2v) is 13.9. The number of hydrogen-bond donors (Lipinski definition) is 0. The van der Waals surface area contributed by atoms with Gasteiger partial charge in [0, 0.05) is 49.3 Å². The monoisotopic (exact) mass is 699 g/mol. The van der Waals surface area contributed by atoms with Crippen molar-refractivity contribution in [3.05, 3.63) is 193 Å². The van der Waals surface area contributed by atoms with Crippen LogP contribution in [-0.2, 0) is 0 Å². The van der Waals surface area contributed by atoms with Gasteiger partial charge in [-0.1, -0.05) is 115 Å². The second kappa shape index (κ2) is 11.8. The van der Waals surface area contributed by atoms with Gasteiger partial charge in [-0.15, -0.1) is 0 Å². The van der Waals surface area contributed by atoms with Crippen LogP contribution in [0.5, 0.6) is 0 Å². The molecule has 0 atom stereocenters. The summed E-state index contributed by atoms with van der Waals surface area (Å²) in [7, 11) is 0. The molecule has 254 valence electrons. The van der Waals surface area contributed by atoms with Crippen LogP contribution in [0.15, 0.2) is 176 Å². The van der Waals surface area contributed by atoms with Crippen LogP contribution in [0.2, 0.25) is 0 Å². The summed E-state index contributed by atoms with van der Waals surface area (Å²) in [5.41, 5.74) is 12.7. The first-order chi connectivity index (χ1) is 27.2. The molecule has 3 aromatic heterocycles. The Balaban J connectivity index is 1.20. The van der Waals surface area contributed by atoms with Crippen molar-refractivity contribution < 1.29 is 0 Å². The van der Waals surface area contributed by atoms with Crippen LogP contribution < -0.4 is 0 Å². The molecule has 0 spiro atoms. The zero-order valence-electron chi connectivity index (χ0n) is 29.5. The molecule has 11 aromatic rings. The minimum absolute atomic E-state index is 0.551. The lowest BCUT2D eigenvalue weighted by Gasteiger charge is -2.17. The molecule has 0 N–H and O–H groups in total.